The van der Waals surface area contributed by atoms with Crippen molar-refractivity contribution in [2.24, 2.45) is 0 Å². The number of nitrogens with zero attached hydrogens (tertiary/aromatic N) is 3. The van der Waals surface area contributed by atoms with E-state index in [-0.39, 0.29) is 0 Å². The molecule has 0 aliphatic heterocycles. The molecule has 0 spiro atoms. The van der Waals surface area contributed by atoms with Crippen molar-refractivity contribution in [1.29, 1.82) is 0 Å². The highest BCUT2D eigenvalue weighted by Gasteiger charge is 2.09. The number of pyridine rings is 1. The predicted molar refractivity (Wildman–Crippen MR) is 87.3 cm³/mol. The molecule has 3 aromatic rings. The fraction of sp³-hybridized carbons (Fsp3) is 0.333. The molecule has 1 aromatic carbocycles. The number of aromatic nitrogens is 3. The third-order valence-electron chi connectivity index (χ3n) is 4.09. The Hall–Kier alpha value is -2.16. The lowest BCUT2D eigenvalue weighted by Crippen LogP contribution is -2.06. The quantitative estimate of drug-likeness (QED) is 0.689. The van der Waals surface area contributed by atoms with Gasteiger partial charge in [0.2, 0.25) is 0 Å². The normalized spacial score (nSPS) is 11.4. The van der Waals surface area contributed by atoms with E-state index in [9.17, 15) is 0 Å². The van der Waals surface area contributed by atoms with Gasteiger partial charge in [-0.3, -0.25) is 9.67 Å². The molecule has 0 saturated carbocycles. The maximum absolute atomic E-state index is 4.56. The van der Waals surface area contributed by atoms with Crippen molar-refractivity contribution in [2.75, 3.05) is 0 Å². The van der Waals surface area contributed by atoms with Crippen LogP contribution in [-0.4, -0.2) is 14.8 Å². The second-order valence-corrected chi connectivity index (χ2v) is 5.60. The van der Waals surface area contributed by atoms with Crippen molar-refractivity contribution >= 4 is 10.9 Å². The molecule has 3 rings (SSSR count). The molecule has 0 radical (unpaired) electrons. The van der Waals surface area contributed by atoms with Crippen LogP contribution < -0.4 is 0 Å². The zero-order chi connectivity index (χ0) is 14.8. The van der Waals surface area contributed by atoms with Gasteiger partial charge in [-0.1, -0.05) is 25.5 Å². The van der Waals surface area contributed by atoms with E-state index in [0.29, 0.717) is 6.04 Å². The van der Waals surface area contributed by atoms with Crippen LogP contribution in [0.4, 0.5) is 0 Å². The van der Waals surface area contributed by atoms with Crippen LogP contribution in [0.2, 0.25) is 0 Å². The summed E-state index contributed by atoms with van der Waals surface area (Å²) in [6.07, 6.45) is 8.22. The predicted octanol–water partition coefficient (Wildman–Crippen LogP) is 4.77. The van der Waals surface area contributed by atoms with Crippen LogP contribution in [-0.2, 0) is 0 Å². The zero-order valence-electron chi connectivity index (χ0n) is 12.9. The van der Waals surface area contributed by atoms with Crippen LogP contribution in [0, 0.1) is 6.92 Å². The van der Waals surface area contributed by atoms with Gasteiger partial charge in [0, 0.05) is 28.9 Å². The summed E-state index contributed by atoms with van der Waals surface area (Å²) in [6.45, 7) is 6.52. The third kappa shape index (κ3) is 2.68. The Kier molecular flexibility index (Phi) is 3.74. The molecule has 0 aliphatic carbocycles. The summed E-state index contributed by atoms with van der Waals surface area (Å²) in [5.74, 6) is 0. The fourth-order valence-electron chi connectivity index (χ4n) is 2.76. The second-order valence-electron chi connectivity index (χ2n) is 5.60. The molecule has 3 heteroatoms. The third-order valence-corrected chi connectivity index (χ3v) is 4.09. The molecule has 0 unspecified atom stereocenters. The Morgan fingerprint density at radius 2 is 1.86 bits per heavy atom. The Morgan fingerprint density at radius 3 is 2.62 bits per heavy atom. The Balaban J connectivity index is 2.00. The fourth-order valence-corrected chi connectivity index (χ4v) is 2.76. The SMILES string of the molecule is CCC(CC)n1cc(-c2cnc3ccc(C)cc3c2)cn1. The number of aryl methyl sites for hydroxylation is 1. The van der Waals surface area contributed by atoms with Gasteiger partial charge in [-0.15, -0.1) is 0 Å². The maximum Gasteiger partial charge on any atom is 0.0702 e. The Bertz CT molecular complexity index is 754. The van der Waals surface area contributed by atoms with Crippen molar-refractivity contribution in [3.8, 4) is 11.1 Å². The lowest BCUT2D eigenvalue weighted by atomic mass is 10.1. The monoisotopic (exact) mass is 279 g/mol. The first-order valence-corrected chi connectivity index (χ1v) is 7.62. The summed E-state index contributed by atoms with van der Waals surface area (Å²) in [7, 11) is 0. The van der Waals surface area contributed by atoms with E-state index in [0.717, 1.165) is 29.5 Å². The standard InChI is InChI=1S/C18H21N3/c1-4-17(5-2)21-12-16(11-20-21)15-9-14-8-13(3)6-7-18(14)19-10-15/h6-12,17H,4-5H2,1-3H3. The van der Waals surface area contributed by atoms with Crippen LogP contribution in [0.25, 0.3) is 22.0 Å². The largest absolute Gasteiger partial charge is 0.269 e. The van der Waals surface area contributed by atoms with Crippen molar-refractivity contribution in [3.05, 3.63) is 48.4 Å². The molecule has 0 atom stereocenters. The second kappa shape index (κ2) is 5.68. The first kappa shape index (κ1) is 13.8. The smallest absolute Gasteiger partial charge is 0.0702 e. The highest BCUT2D eigenvalue weighted by atomic mass is 15.3. The molecular weight excluding hydrogens is 258 g/mol. The van der Waals surface area contributed by atoms with Gasteiger partial charge >= 0.3 is 0 Å². The van der Waals surface area contributed by atoms with Crippen molar-refractivity contribution in [3.63, 3.8) is 0 Å². The van der Waals surface area contributed by atoms with Gasteiger partial charge in [-0.25, -0.2) is 0 Å². The summed E-state index contributed by atoms with van der Waals surface area (Å²) in [5, 5.41) is 5.70. The molecule has 2 heterocycles. The molecule has 3 nitrogen and oxygen atoms in total. The number of rotatable bonds is 4. The zero-order valence-corrected chi connectivity index (χ0v) is 12.9. The minimum Gasteiger partial charge on any atom is -0.269 e. The average molecular weight is 279 g/mol. The first-order valence-electron chi connectivity index (χ1n) is 7.62. The van der Waals surface area contributed by atoms with Gasteiger partial charge in [0.05, 0.1) is 17.8 Å². The van der Waals surface area contributed by atoms with Gasteiger partial charge in [0.25, 0.3) is 0 Å². The number of hydrogen-bond donors (Lipinski definition) is 0. The minimum atomic E-state index is 0.481. The molecule has 2 aromatic heterocycles. The van der Waals surface area contributed by atoms with Gasteiger partial charge in [0.15, 0.2) is 0 Å². The summed E-state index contributed by atoms with van der Waals surface area (Å²) in [4.78, 5) is 4.56. The molecule has 108 valence electrons. The lowest BCUT2D eigenvalue weighted by molar-refractivity contribution is 0.428. The summed E-state index contributed by atoms with van der Waals surface area (Å²) in [5.41, 5.74) is 4.56. The maximum atomic E-state index is 4.56. The molecular formula is C18H21N3. The van der Waals surface area contributed by atoms with Crippen LogP contribution in [0.3, 0.4) is 0 Å². The summed E-state index contributed by atoms with van der Waals surface area (Å²) < 4.78 is 2.08. The van der Waals surface area contributed by atoms with Crippen LogP contribution in [0.1, 0.15) is 38.3 Å². The summed E-state index contributed by atoms with van der Waals surface area (Å²) >= 11 is 0. The molecule has 0 bridgehead atoms. The van der Waals surface area contributed by atoms with Crippen LogP contribution >= 0.6 is 0 Å². The Labute approximate surface area is 125 Å². The van der Waals surface area contributed by atoms with E-state index in [1.54, 1.807) is 0 Å². The van der Waals surface area contributed by atoms with E-state index in [2.05, 4.69) is 66.0 Å². The van der Waals surface area contributed by atoms with Gasteiger partial charge in [0.1, 0.15) is 0 Å². The number of hydrogen-bond acceptors (Lipinski definition) is 2. The van der Waals surface area contributed by atoms with E-state index in [1.165, 1.54) is 10.9 Å². The average Bonchev–Trinajstić information content (AvgIpc) is 2.97. The first-order chi connectivity index (χ1) is 10.2. The highest BCUT2D eigenvalue weighted by molar-refractivity contribution is 5.83. The van der Waals surface area contributed by atoms with Gasteiger partial charge in [-0.05, 0) is 38.0 Å². The molecule has 0 N–H and O–H groups in total. The van der Waals surface area contributed by atoms with E-state index < -0.39 is 0 Å². The van der Waals surface area contributed by atoms with Gasteiger partial charge in [-0.2, -0.15) is 5.10 Å². The highest BCUT2D eigenvalue weighted by Crippen LogP contribution is 2.25. The number of benzene rings is 1. The van der Waals surface area contributed by atoms with Crippen molar-refractivity contribution in [1.82, 2.24) is 14.8 Å². The van der Waals surface area contributed by atoms with E-state index >= 15 is 0 Å². The van der Waals surface area contributed by atoms with Crippen molar-refractivity contribution in [2.45, 2.75) is 39.7 Å². The van der Waals surface area contributed by atoms with E-state index in [4.69, 9.17) is 0 Å². The number of fused-ring (bicyclic) bond motifs is 1. The van der Waals surface area contributed by atoms with Gasteiger partial charge < -0.3 is 0 Å². The van der Waals surface area contributed by atoms with E-state index in [1.807, 2.05) is 12.4 Å². The lowest BCUT2D eigenvalue weighted by Gasteiger charge is -2.12. The molecule has 21 heavy (non-hydrogen) atoms. The molecule has 0 amide bonds. The molecule has 0 aliphatic rings. The topological polar surface area (TPSA) is 30.7 Å². The minimum absolute atomic E-state index is 0.481. The van der Waals surface area contributed by atoms with Crippen LogP contribution in [0.15, 0.2) is 42.9 Å². The summed E-state index contributed by atoms with van der Waals surface area (Å²) in [6, 6.07) is 9.03. The van der Waals surface area contributed by atoms with Crippen LogP contribution in [0.5, 0.6) is 0 Å². The van der Waals surface area contributed by atoms with Crippen molar-refractivity contribution < 1.29 is 0 Å². The Morgan fingerprint density at radius 1 is 1.05 bits per heavy atom. The molecule has 0 saturated heterocycles. The molecule has 0 fully saturated rings.